The Morgan fingerprint density at radius 2 is 1.69 bits per heavy atom. The van der Waals surface area contributed by atoms with Gasteiger partial charge in [0.05, 0.1) is 18.1 Å². The number of piperidine rings is 1. The molecule has 1 amide bonds. The van der Waals surface area contributed by atoms with E-state index in [0.29, 0.717) is 42.0 Å². The van der Waals surface area contributed by atoms with Crippen LogP contribution in [0.1, 0.15) is 36.7 Å². The van der Waals surface area contributed by atoms with Gasteiger partial charge in [0, 0.05) is 43.5 Å². The standard InChI is InChI=1S/C27H37N3O4S/c1-4-34-25-11-9-24(10-12-25)30-16-23-15-29(17-26(30)20(3)19(23)2)27(31)22-7-5-21(6-8-22)18-35(32,33)14-13-28/h5-12,19-20,23,26H,4,13-18,28H2,1-3H3/t19?,20?,23-,26-/m1/s1. The largest absolute Gasteiger partial charge is 0.494 e. The van der Waals surface area contributed by atoms with Crippen molar-refractivity contribution < 1.29 is 17.9 Å². The third-order valence-electron chi connectivity index (χ3n) is 7.66. The first-order valence-corrected chi connectivity index (χ1v) is 14.3. The van der Waals surface area contributed by atoms with E-state index in [-0.39, 0.29) is 30.0 Å². The molecule has 4 atom stereocenters. The maximum Gasteiger partial charge on any atom is 0.253 e. The van der Waals surface area contributed by atoms with Crippen molar-refractivity contribution in [2.45, 2.75) is 32.6 Å². The first-order chi connectivity index (χ1) is 16.7. The lowest BCUT2D eigenvalue weighted by atomic mass is 9.76. The number of nitrogens with zero attached hydrogens (tertiary/aromatic N) is 2. The Morgan fingerprint density at radius 3 is 2.31 bits per heavy atom. The Labute approximate surface area is 209 Å². The molecule has 8 heteroatoms. The fourth-order valence-electron chi connectivity index (χ4n) is 5.49. The van der Waals surface area contributed by atoms with Crippen molar-refractivity contribution in [3.05, 3.63) is 59.7 Å². The van der Waals surface area contributed by atoms with Gasteiger partial charge in [-0.15, -0.1) is 0 Å². The number of amides is 1. The van der Waals surface area contributed by atoms with Gasteiger partial charge in [0.15, 0.2) is 9.84 Å². The van der Waals surface area contributed by atoms with Gasteiger partial charge in [-0.05, 0) is 66.6 Å². The molecule has 2 N–H and O–H groups in total. The molecule has 0 radical (unpaired) electrons. The minimum absolute atomic E-state index is 0.00575. The Kier molecular flexibility index (Phi) is 7.71. The van der Waals surface area contributed by atoms with Crippen LogP contribution in [0.4, 0.5) is 5.69 Å². The van der Waals surface area contributed by atoms with E-state index in [0.717, 1.165) is 18.8 Å². The zero-order valence-electron chi connectivity index (χ0n) is 20.9. The lowest BCUT2D eigenvalue weighted by Gasteiger charge is -2.45. The van der Waals surface area contributed by atoms with E-state index in [9.17, 15) is 13.2 Å². The quantitative estimate of drug-likeness (QED) is 0.600. The predicted molar refractivity (Wildman–Crippen MR) is 139 cm³/mol. The van der Waals surface area contributed by atoms with E-state index >= 15 is 0 Å². The smallest absolute Gasteiger partial charge is 0.253 e. The number of benzene rings is 2. The number of ether oxygens (including phenoxy) is 1. The van der Waals surface area contributed by atoms with Crippen LogP contribution in [0.5, 0.6) is 5.75 Å². The van der Waals surface area contributed by atoms with E-state index in [2.05, 4.69) is 30.9 Å². The average molecular weight is 500 g/mol. The second-order valence-electron chi connectivity index (χ2n) is 9.91. The van der Waals surface area contributed by atoms with E-state index in [4.69, 9.17) is 10.5 Å². The van der Waals surface area contributed by atoms with Crippen LogP contribution in [0.3, 0.4) is 0 Å². The summed E-state index contributed by atoms with van der Waals surface area (Å²) in [4.78, 5) is 18.0. The Hall–Kier alpha value is -2.58. The van der Waals surface area contributed by atoms with Gasteiger partial charge in [-0.2, -0.15) is 0 Å². The molecule has 190 valence electrons. The molecular weight excluding hydrogens is 462 g/mol. The molecule has 3 aliphatic heterocycles. The lowest BCUT2D eigenvalue weighted by Crippen LogP contribution is -2.52. The molecule has 35 heavy (non-hydrogen) atoms. The molecule has 0 saturated carbocycles. The average Bonchev–Trinajstić information content (AvgIpc) is 3.10. The highest BCUT2D eigenvalue weighted by Gasteiger charge is 2.44. The molecule has 7 nitrogen and oxygen atoms in total. The molecule has 2 unspecified atom stereocenters. The van der Waals surface area contributed by atoms with Crippen LogP contribution in [0, 0.1) is 17.8 Å². The van der Waals surface area contributed by atoms with Crippen LogP contribution in [0.25, 0.3) is 0 Å². The van der Waals surface area contributed by atoms with Crippen molar-refractivity contribution in [1.29, 1.82) is 0 Å². The highest BCUT2D eigenvalue weighted by molar-refractivity contribution is 7.90. The molecular formula is C27H37N3O4S. The molecule has 2 bridgehead atoms. The first kappa shape index (κ1) is 25.5. The number of fused-ring (bicyclic) bond motifs is 4. The van der Waals surface area contributed by atoms with Crippen LogP contribution in [-0.4, -0.2) is 63.8 Å². The van der Waals surface area contributed by atoms with Gasteiger partial charge in [0.2, 0.25) is 0 Å². The van der Waals surface area contributed by atoms with Gasteiger partial charge < -0.3 is 20.3 Å². The Morgan fingerprint density at radius 1 is 1.00 bits per heavy atom. The molecule has 5 rings (SSSR count). The van der Waals surface area contributed by atoms with Gasteiger partial charge in [-0.25, -0.2) is 8.42 Å². The Bertz CT molecular complexity index is 1120. The number of rotatable bonds is 8. The van der Waals surface area contributed by atoms with E-state index in [1.807, 2.05) is 24.0 Å². The molecule has 3 aliphatic rings. The topological polar surface area (TPSA) is 92.9 Å². The highest BCUT2D eigenvalue weighted by atomic mass is 32.2. The lowest BCUT2D eigenvalue weighted by molar-refractivity contribution is 0.0745. The number of sulfone groups is 1. The van der Waals surface area contributed by atoms with Crippen LogP contribution in [0.15, 0.2) is 48.5 Å². The van der Waals surface area contributed by atoms with E-state index in [1.165, 1.54) is 5.69 Å². The van der Waals surface area contributed by atoms with Crippen molar-refractivity contribution in [2.24, 2.45) is 23.5 Å². The zero-order valence-corrected chi connectivity index (χ0v) is 21.7. The minimum Gasteiger partial charge on any atom is -0.494 e. The van der Waals surface area contributed by atoms with E-state index < -0.39 is 9.84 Å². The van der Waals surface area contributed by atoms with Crippen molar-refractivity contribution in [1.82, 2.24) is 4.90 Å². The van der Waals surface area contributed by atoms with Crippen molar-refractivity contribution in [3.63, 3.8) is 0 Å². The SMILES string of the molecule is CCOc1ccc(N2C[C@H]3CN(C(=O)c4ccc(CS(=O)(=O)CCN)cc4)C[C@@H]2C(C)C3C)cc1. The summed E-state index contributed by atoms with van der Waals surface area (Å²) >= 11 is 0. The van der Waals surface area contributed by atoms with Gasteiger partial charge in [0.1, 0.15) is 5.75 Å². The third kappa shape index (κ3) is 5.64. The number of nitrogens with two attached hydrogens (primary N) is 1. The van der Waals surface area contributed by atoms with Gasteiger partial charge >= 0.3 is 0 Å². The molecule has 3 fully saturated rings. The second-order valence-corrected chi connectivity index (χ2v) is 12.1. The highest BCUT2D eigenvalue weighted by Crippen LogP contribution is 2.40. The normalized spacial score (nSPS) is 24.3. The summed E-state index contributed by atoms with van der Waals surface area (Å²) in [6.07, 6.45) is 0. The molecule has 0 spiro atoms. The second kappa shape index (κ2) is 10.6. The fraction of sp³-hybridized carbons (Fsp3) is 0.519. The number of anilines is 1. The van der Waals surface area contributed by atoms with Crippen LogP contribution in [0.2, 0.25) is 0 Å². The van der Waals surface area contributed by atoms with Gasteiger partial charge in [-0.3, -0.25) is 4.79 Å². The molecule has 0 aromatic heterocycles. The maximum atomic E-state index is 13.5. The van der Waals surface area contributed by atoms with Crippen molar-refractivity contribution in [3.8, 4) is 5.75 Å². The third-order valence-corrected chi connectivity index (χ3v) is 9.29. The molecule has 0 aliphatic carbocycles. The molecule has 3 saturated heterocycles. The summed E-state index contributed by atoms with van der Waals surface area (Å²) in [5, 5.41) is 0. The monoisotopic (exact) mass is 499 g/mol. The number of carbonyl (C=O) groups is 1. The van der Waals surface area contributed by atoms with Gasteiger partial charge in [0.25, 0.3) is 5.91 Å². The van der Waals surface area contributed by atoms with Crippen molar-refractivity contribution in [2.75, 3.05) is 43.4 Å². The van der Waals surface area contributed by atoms with Crippen LogP contribution in [-0.2, 0) is 15.6 Å². The Balaban J connectivity index is 1.51. The fourth-order valence-corrected chi connectivity index (χ4v) is 6.69. The van der Waals surface area contributed by atoms with Crippen LogP contribution < -0.4 is 15.4 Å². The number of hydrogen-bond donors (Lipinski definition) is 1. The molecule has 2 aromatic carbocycles. The summed E-state index contributed by atoms with van der Waals surface area (Å²) < 4.78 is 29.8. The summed E-state index contributed by atoms with van der Waals surface area (Å²) in [6, 6.07) is 15.5. The molecule has 3 heterocycles. The first-order valence-electron chi connectivity index (χ1n) is 12.5. The predicted octanol–water partition coefficient (Wildman–Crippen LogP) is 3.19. The molecule has 2 aromatic rings. The van der Waals surface area contributed by atoms with Crippen molar-refractivity contribution >= 4 is 21.4 Å². The summed E-state index contributed by atoms with van der Waals surface area (Å²) in [6.45, 7) is 9.65. The zero-order chi connectivity index (χ0) is 25.2. The van der Waals surface area contributed by atoms with E-state index in [1.54, 1.807) is 24.3 Å². The van der Waals surface area contributed by atoms with Crippen LogP contribution >= 0.6 is 0 Å². The summed E-state index contributed by atoms with van der Waals surface area (Å²) in [5.74, 6) is 2.13. The van der Waals surface area contributed by atoms with Gasteiger partial charge in [-0.1, -0.05) is 26.0 Å². The summed E-state index contributed by atoms with van der Waals surface area (Å²) in [5.41, 5.74) is 7.84. The minimum atomic E-state index is -3.23. The number of hydrogen-bond acceptors (Lipinski definition) is 6. The number of carbonyl (C=O) groups excluding carboxylic acids is 1. The maximum absolute atomic E-state index is 13.5. The summed E-state index contributed by atoms with van der Waals surface area (Å²) in [7, 11) is -3.23.